The van der Waals surface area contributed by atoms with E-state index in [-0.39, 0.29) is 0 Å². The van der Waals surface area contributed by atoms with Crippen LogP contribution in [0.1, 0.15) is 31.1 Å². The van der Waals surface area contributed by atoms with E-state index >= 15 is 0 Å². The topological polar surface area (TPSA) is 115 Å². The normalized spacial score (nSPS) is 10.2. The molecule has 0 heterocycles. The number of benzene rings is 4. The highest BCUT2D eigenvalue weighted by Gasteiger charge is 2.16. The van der Waals surface area contributed by atoms with Crippen LogP contribution in [0.25, 0.3) is 0 Å². The SMILES string of the molecule is COC(=O)c1ccccc1Nc1cc(Nc2ccccc2C(=O)OC)cc(Nc2ccccc2C(=O)OC)c1. The van der Waals surface area contributed by atoms with Gasteiger partial charge in [-0.2, -0.15) is 0 Å². The quantitative estimate of drug-likeness (QED) is 0.172. The molecule has 4 rings (SSSR count). The van der Waals surface area contributed by atoms with Crippen molar-refractivity contribution in [2.75, 3.05) is 37.3 Å². The molecule has 9 nitrogen and oxygen atoms in total. The molecule has 3 N–H and O–H groups in total. The fourth-order valence-electron chi connectivity index (χ4n) is 3.95. The van der Waals surface area contributed by atoms with E-state index < -0.39 is 17.9 Å². The first-order valence-electron chi connectivity index (χ1n) is 11.9. The van der Waals surface area contributed by atoms with Crippen LogP contribution < -0.4 is 16.0 Å². The number of carbonyl (C=O) groups excluding carboxylic acids is 3. The molecule has 0 bridgehead atoms. The van der Waals surface area contributed by atoms with E-state index in [9.17, 15) is 14.4 Å². The van der Waals surface area contributed by atoms with Crippen LogP contribution in [0.5, 0.6) is 0 Å². The van der Waals surface area contributed by atoms with Crippen molar-refractivity contribution in [2.24, 2.45) is 0 Å². The Kier molecular flexibility index (Phi) is 8.43. The van der Waals surface area contributed by atoms with E-state index in [4.69, 9.17) is 14.2 Å². The predicted octanol–water partition coefficient (Wildman–Crippen LogP) is 6.28. The van der Waals surface area contributed by atoms with Gasteiger partial charge in [0.05, 0.1) is 55.1 Å². The van der Waals surface area contributed by atoms with Crippen LogP contribution in [0, 0.1) is 0 Å². The number of anilines is 6. The van der Waals surface area contributed by atoms with Gasteiger partial charge in [0.25, 0.3) is 0 Å². The van der Waals surface area contributed by atoms with Crippen molar-refractivity contribution < 1.29 is 28.6 Å². The van der Waals surface area contributed by atoms with E-state index in [0.717, 1.165) is 0 Å². The van der Waals surface area contributed by atoms with Gasteiger partial charge < -0.3 is 30.2 Å². The number of nitrogens with one attached hydrogen (secondary N) is 3. The largest absolute Gasteiger partial charge is 0.465 e. The van der Waals surface area contributed by atoms with E-state index in [1.54, 1.807) is 72.8 Å². The van der Waals surface area contributed by atoms with Crippen LogP contribution in [0.15, 0.2) is 91.0 Å². The molecule has 9 heteroatoms. The van der Waals surface area contributed by atoms with Gasteiger partial charge in [0.2, 0.25) is 0 Å². The average Bonchev–Trinajstić information content (AvgIpc) is 2.96. The highest BCUT2D eigenvalue weighted by Crippen LogP contribution is 2.32. The number of ether oxygens (including phenoxy) is 3. The average molecular weight is 526 g/mol. The maximum atomic E-state index is 12.3. The Labute approximate surface area is 225 Å². The number of rotatable bonds is 9. The molecule has 0 amide bonds. The lowest BCUT2D eigenvalue weighted by Crippen LogP contribution is -2.08. The Morgan fingerprint density at radius 3 is 0.974 bits per heavy atom. The zero-order valence-corrected chi connectivity index (χ0v) is 21.6. The maximum absolute atomic E-state index is 12.3. The fourth-order valence-corrected chi connectivity index (χ4v) is 3.95. The fraction of sp³-hybridized carbons (Fsp3) is 0.100. The molecule has 198 valence electrons. The minimum Gasteiger partial charge on any atom is -0.465 e. The molecular formula is C30H27N3O6. The third-order valence-electron chi connectivity index (χ3n) is 5.77. The third kappa shape index (κ3) is 6.34. The first-order chi connectivity index (χ1) is 18.9. The Balaban J connectivity index is 1.77. The molecule has 0 saturated carbocycles. The Bertz CT molecular complexity index is 1330. The van der Waals surface area contributed by atoms with Crippen LogP contribution in [0.3, 0.4) is 0 Å². The smallest absolute Gasteiger partial charge is 0.339 e. The number of esters is 3. The summed E-state index contributed by atoms with van der Waals surface area (Å²) in [6.45, 7) is 0. The molecule has 0 saturated heterocycles. The van der Waals surface area contributed by atoms with Crippen molar-refractivity contribution in [1.82, 2.24) is 0 Å². The van der Waals surface area contributed by atoms with Gasteiger partial charge in [-0.3, -0.25) is 0 Å². The summed E-state index contributed by atoms with van der Waals surface area (Å²) < 4.78 is 14.8. The molecule has 0 radical (unpaired) electrons. The van der Waals surface area contributed by atoms with Crippen molar-refractivity contribution in [3.8, 4) is 0 Å². The van der Waals surface area contributed by atoms with Gasteiger partial charge in [-0.1, -0.05) is 36.4 Å². The lowest BCUT2D eigenvalue weighted by molar-refractivity contribution is 0.0593. The van der Waals surface area contributed by atoms with Crippen LogP contribution in [0.2, 0.25) is 0 Å². The zero-order valence-electron chi connectivity index (χ0n) is 21.6. The van der Waals surface area contributed by atoms with Gasteiger partial charge in [-0.05, 0) is 54.6 Å². The lowest BCUT2D eigenvalue weighted by atomic mass is 10.1. The second-order valence-electron chi connectivity index (χ2n) is 8.29. The van der Waals surface area contributed by atoms with Gasteiger partial charge in [-0.15, -0.1) is 0 Å². The van der Waals surface area contributed by atoms with Gasteiger partial charge in [-0.25, -0.2) is 14.4 Å². The second kappa shape index (κ2) is 12.3. The molecule has 0 unspecified atom stereocenters. The Morgan fingerprint density at radius 2 is 0.718 bits per heavy atom. The minimum absolute atomic E-state index is 0.361. The Morgan fingerprint density at radius 1 is 0.462 bits per heavy atom. The first kappa shape index (κ1) is 26.7. The van der Waals surface area contributed by atoms with E-state index in [1.807, 2.05) is 18.2 Å². The lowest BCUT2D eigenvalue weighted by Gasteiger charge is -2.17. The summed E-state index contributed by atoms with van der Waals surface area (Å²) in [5.41, 5.74) is 4.55. The summed E-state index contributed by atoms with van der Waals surface area (Å²) in [4.78, 5) is 37.0. The second-order valence-corrected chi connectivity index (χ2v) is 8.29. The maximum Gasteiger partial charge on any atom is 0.339 e. The highest BCUT2D eigenvalue weighted by molar-refractivity contribution is 5.99. The van der Waals surface area contributed by atoms with Crippen LogP contribution >= 0.6 is 0 Å². The van der Waals surface area contributed by atoms with E-state index in [2.05, 4.69) is 16.0 Å². The summed E-state index contributed by atoms with van der Waals surface area (Å²) >= 11 is 0. The molecule has 0 aromatic heterocycles. The third-order valence-corrected chi connectivity index (χ3v) is 5.77. The predicted molar refractivity (Wildman–Crippen MR) is 150 cm³/mol. The summed E-state index contributed by atoms with van der Waals surface area (Å²) in [7, 11) is 3.97. The van der Waals surface area contributed by atoms with Crippen molar-refractivity contribution in [2.45, 2.75) is 0 Å². The first-order valence-corrected chi connectivity index (χ1v) is 11.9. The molecule has 0 aliphatic heterocycles. The van der Waals surface area contributed by atoms with Gasteiger partial charge in [0.1, 0.15) is 0 Å². The summed E-state index contributed by atoms with van der Waals surface area (Å²) in [5.74, 6) is -1.45. The molecule has 4 aromatic rings. The summed E-state index contributed by atoms with van der Waals surface area (Å²) in [6, 6.07) is 26.4. The number of methoxy groups -OCH3 is 3. The van der Waals surface area contributed by atoms with Crippen molar-refractivity contribution in [1.29, 1.82) is 0 Å². The molecule has 4 aromatic carbocycles. The van der Waals surface area contributed by atoms with Crippen molar-refractivity contribution in [3.63, 3.8) is 0 Å². The minimum atomic E-state index is -0.482. The van der Waals surface area contributed by atoms with Crippen LogP contribution in [-0.4, -0.2) is 39.2 Å². The number of hydrogen-bond donors (Lipinski definition) is 3. The van der Waals surface area contributed by atoms with Gasteiger partial charge >= 0.3 is 17.9 Å². The monoisotopic (exact) mass is 525 g/mol. The Hall–Kier alpha value is -5.31. The van der Waals surface area contributed by atoms with E-state index in [1.165, 1.54) is 21.3 Å². The van der Waals surface area contributed by atoms with Gasteiger partial charge in [0.15, 0.2) is 0 Å². The molecule has 0 fully saturated rings. The molecule has 39 heavy (non-hydrogen) atoms. The van der Waals surface area contributed by atoms with Crippen molar-refractivity contribution >= 4 is 52.0 Å². The van der Waals surface area contributed by atoms with Gasteiger partial charge in [0, 0.05) is 17.1 Å². The summed E-state index contributed by atoms with van der Waals surface area (Å²) in [5, 5.41) is 9.82. The molecule has 0 atom stereocenters. The van der Waals surface area contributed by atoms with Crippen LogP contribution in [0.4, 0.5) is 34.1 Å². The van der Waals surface area contributed by atoms with E-state index in [0.29, 0.717) is 50.8 Å². The van der Waals surface area contributed by atoms with Crippen LogP contribution in [-0.2, 0) is 14.2 Å². The highest BCUT2D eigenvalue weighted by atomic mass is 16.5. The number of para-hydroxylation sites is 3. The number of hydrogen-bond acceptors (Lipinski definition) is 9. The molecular weight excluding hydrogens is 498 g/mol. The summed E-state index contributed by atoms with van der Waals surface area (Å²) in [6.07, 6.45) is 0. The molecule has 0 aliphatic rings. The standard InChI is InChI=1S/C30H27N3O6/c1-37-28(34)22-10-4-7-13-25(22)31-19-16-20(32-26-14-8-5-11-23(26)29(35)38-2)18-21(17-19)33-27-15-9-6-12-24(27)30(36)39-3/h4-18,31-33H,1-3H3. The molecule has 0 spiro atoms. The van der Waals surface area contributed by atoms with Crippen molar-refractivity contribution in [3.05, 3.63) is 108 Å². The number of carbonyl (C=O) groups is 3. The zero-order chi connectivity index (χ0) is 27.8. The molecule has 0 aliphatic carbocycles.